The van der Waals surface area contributed by atoms with Crippen molar-refractivity contribution in [3.8, 4) is 0 Å². The number of rotatable bonds is 7. The predicted octanol–water partition coefficient (Wildman–Crippen LogP) is 3.79. The van der Waals surface area contributed by atoms with Crippen molar-refractivity contribution in [2.24, 2.45) is 0 Å². The van der Waals surface area contributed by atoms with Gasteiger partial charge in [0.1, 0.15) is 0 Å². The van der Waals surface area contributed by atoms with Crippen LogP contribution in [0.2, 0.25) is 0 Å². The Kier molecular flexibility index (Phi) is 4.18. The van der Waals surface area contributed by atoms with Crippen molar-refractivity contribution in [2.75, 3.05) is 6.54 Å². The molecule has 1 aliphatic rings. The van der Waals surface area contributed by atoms with Gasteiger partial charge in [0.2, 0.25) is 0 Å². The van der Waals surface area contributed by atoms with Crippen LogP contribution in [0.15, 0.2) is 41.9 Å². The zero-order chi connectivity index (χ0) is 13.8. The highest BCUT2D eigenvalue weighted by atomic mass is 32.1. The summed E-state index contributed by atoms with van der Waals surface area (Å²) in [5.41, 5.74) is 1.83. The summed E-state index contributed by atoms with van der Waals surface area (Å²) in [6.45, 7) is 3.32. The molecule has 1 fully saturated rings. The lowest BCUT2D eigenvalue weighted by atomic mass is 9.86. The highest BCUT2D eigenvalue weighted by Crippen LogP contribution is 2.51. The third-order valence-electron chi connectivity index (χ3n) is 4.31. The second-order valence-electron chi connectivity index (χ2n) is 5.66. The Morgan fingerprint density at radius 1 is 1.30 bits per heavy atom. The lowest BCUT2D eigenvalue weighted by Crippen LogP contribution is -2.42. The fraction of sp³-hybridized carbons (Fsp3) is 0.471. The summed E-state index contributed by atoms with van der Waals surface area (Å²) in [5, 5.41) is 7.10. The minimum atomic E-state index is 0.335. The van der Waals surface area contributed by atoms with E-state index in [1.165, 1.54) is 29.8 Å². The Hall–Kier alpha value is -1.19. The van der Waals surface area contributed by atoms with Crippen molar-refractivity contribution in [3.63, 3.8) is 0 Å². The molecule has 2 aromatic rings. The topological polar surface area (TPSA) is 24.9 Å². The van der Waals surface area contributed by atoms with Crippen LogP contribution in [0, 0.1) is 0 Å². The van der Waals surface area contributed by atoms with Crippen molar-refractivity contribution >= 4 is 11.3 Å². The number of thiazole rings is 1. The van der Waals surface area contributed by atoms with E-state index in [-0.39, 0.29) is 0 Å². The number of nitrogens with one attached hydrogen (secondary N) is 1. The highest BCUT2D eigenvalue weighted by Gasteiger charge is 2.50. The number of aromatic nitrogens is 1. The number of hydrogen-bond donors (Lipinski definition) is 1. The third-order valence-corrected chi connectivity index (χ3v) is 5.11. The SMILES string of the molecule is CCCNC(Cc1nccs1)C1(c2ccccc2)CC1. The lowest BCUT2D eigenvalue weighted by molar-refractivity contribution is 0.412. The molecule has 1 saturated carbocycles. The minimum Gasteiger partial charge on any atom is -0.313 e. The van der Waals surface area contributed by atoms with Crippen LogP contribution in [0.25, 0.3) is 0 Å². The van der Waals surface area contributed by atoms with Gasteiger partial charge in [-0.1, -0.05) is 37.3 Å². The Balaban J connectivity index is 1.81. The van der Waals surface area contributed by atoms with E-state index < -0.39 is 0 Å². The zero-order valence-corrected chi connectivity index (χ0v) is 12.8. The van der Waals surface area contributed by atoms with Gasteiger partial charge in [-0.3, -0.25) is 0 Å². The first-order valence-electron chi connectivity index (χ1n) is 7.52. The first-order valence-corrected chi connectivity index (χ1v) is 8.40. The maximum Gasteiger partial charge on any atom is 0.0940 e. The summed E-state index contributed by atoms with van der Waals surface area (Å²) < 4.78 is 0. The van der Waals surface area contributed by atoms with Crippen molar-refractivity contribution in [3.05, 3.63) is 52.5 Å². The molecular weight excluding hydrogens is 264 g/mol. The minimum absolute atomic E-state index is 0.335. The number of benzene rings is 1. The standard InChI is InChI=1S/C17H22N2S/c1-2-10-18-15(13-16-19-11-12-20-16)17(8-9-17)14-6-4-3-5-7-14/h3-7,11-12,15,18H,2,8-10,13H2,1H3. The monoisotopic (exact) mass is 286 g/mol. The second kappa shape index (κ2) is 6.06. The van der Waals surface area contributed by atoms with Gasteiger partial charge in [-0.15, -0.1) is 11.3 Å². The van der Waals surface area contributed by atoms with Crippen LogP contribution in [0.1, 0.15) is 36.8 Å². The van der Waals surface area contributed by atoms with Gasteiger partial charge in [-0.2, -0.15) is 0 Å². The highest BCUT2D eigenvalue weighted by molar-refractivity contribution is 7.09. The average Bonchev–Trinajstić information content (AvgIpc) is 3.15. The molecule has 1 aromatic carbocycles. The molecule has 1 aliphatic carbocycles. The molecule has 1 N–H and O–H groups in total. The second-order valence-corrected chi connectivity index (χ2v) is 6.64. The molecule has 0 spiro atoms. The van der Waals surface area contributed by atoms with E-state index in [0.717, 1.165) is 13.0 Å². The van der Waals surface area contributed by atoms with E-state index in [1.54, 1.807) is 11.3 Å². The average molecular weight is 286 g/mol. The van der Waals surface area contributed by atoms with Gasteiger partial charge in [-0.05, 0) is 31.4 Å². The fourth-order valence-electron chi connectivity index (χ4n) is 3.05. The van der Waals surface area contributed by atoms with Gasteiger partial charge in [-0.25, -0.2) is 4.98 Å². The molecule has 0 bridgehead atoms. The van der Waals surface area contributed by atoms with E-state index in [9.17, 15) is 0 Å². The van der Waals surface area contributed by atoms with Gasteiger partial charge in [0, 0.05) is 29.5 Å². The summed E-state index contributed by atoms with van der Waals surface area (Å²) in [4.78, 5) is 4.48. The molecule has 1 aromatic heterocycles. The van der Waals surface area contributed by atoms with Crippen molar-refractivity contribution in [2.45, 2.75) is 44.1 Å². The summed E-state index contributed by atoms with van der Waals surface area (Å²) in [5.74, 6) is 0. The molecular formula is C17H22N2S. The lowest BCUT2D eigenvalue weighted by Gasteiger charge is -2.28. The normalized spacial score (nSPS) is 17.9. The van der Waals surface area contributed by atoms with Gasteiger partial charge in [0.25, 0.3) is 0 Å². The molecule has 0 amide bonds. The van der Waals surface area contributed by atoms with Crippen LogP contribution in [-0.2, 0) is 11.8 Å². The van der Waals surface area contributed by atoms with Gasteiger partial charge < -0.3 is 5.32 Å². The van der Waals surface area contributed by atoms with Gasteiger partial charge in [0.05, 0.1) is 5.01 Å². The van der Waals surface area contributed by atoms with Crippen LogP contribution in [-0.4, -0.2) is 17.6 Å². The van der Waals surface area contributed by atoms with Crippen LogP contribution in [0.3, 0.4) is 0 Å². The number of nitrogens with zero attached hydrogens (tertiary/aromatic N) is 1. The van der Waals surface area contributed by atoms with E-state index in [1.807, 2.05) is 6.20 Å². The molecule has 1 heterocycles. The van der Waals surface area contributed by atoms with Gasteiger partial charge in [0.15, 0.2) is 0 Å². The van der Waals surface area contributed by atoms with E-state index in [0.29, 0.717) is 11.5 Å². The molecule has 1 atom stereocenters. The van der Waals surface area contributed by atoms with E-state index in [2.05, 4.69) is 52.9 Å². The van der Waals surface area contributed by atoms with Crippen LogP contribution in [0.5, 0.6) is 0 Å². The maximum atomic E-state index is 4.48. The van der Waals surface area contributed by atoms with Crippen LogP contribution in [0.4, 0.5) is 0 Å². The summed E-state index contributed by atoms with van der Waals surface area (Å²) in [6.07, 6.45) is 6.73. The van der Waals surface area contributed by atoms with Crippen LogP contribution < -0.4 is 5.32 Å². The van der Waals surface area contributed by atoms with E-state index >= 15 is 0 Å². The molecule has 1 unspecified atom stereocenters. The molecule has 3 rings (SSSR count). The maximum absolute atomic E-state index is 4.48. The zero-order valence-electron chi connectivity index (χ0n) is 12.0. The molecule has 2 nitrogen and oxygen atoms in total. The smallest absolute Gasteiger partial charge is 0.0940 e. The molecule has 3 heteroatoms. The van der Waals surface area contributed by atoms with Gasteiger partial charge >= 0.3 is 0 Å². The third kappa shape index (κ3) is 2.79. The Morgan fingerprint density at radius 2 is 2.10 bits per heavy atom. The van der Waals surface area contributed by atoms with Crippen molar-refractivity contribution < 1.29 is 0 Å². The predicted molar refractivity (Wildman–Crippen MR) is 85.3 cm³/mol. The van der Waals surface area contributed by atoms with E-state index in [4.69, 9.17) is 0 Å². The fourth-order valence-corrected chi connectivity index (χ4v) is 3.72. The van der Waals surface area contributed by atoms with Crippen LogP contribution >= 0.6 is 11.3 Å². The quantitative estimate of drug-likeness (QED) is 0.837. The first-order chi connectivity index (χ1) is 9.85. The first kappa shape index (κ1) is 13.8. The largest absolute Gasteiger partial charge is 0.313 e. The van der Waals surface area contributed by atoms with Crippen molar-refractivity contribution in [1.29, 1.82) is 0 Å². The molecule has 0 saturated heterocycles. The molecule has 0 aliphatic heterocycles. The molecule has 106 valence electrons. The summed E-state index contributed by atoms with van der Waals surface area (Å²) in [7, 11) is 0. The Bertz CT molecular complexity index is 517. The van der Waals surface area contributed by atoms with Crippen molar-refractivity contribution in [1.82, 2.24) is 10.3 Å². The molecule has 20 heavy (non-hydrogen) atoms. The Labute approximate surface area is 125 Å². The summed E-state index contributed by atoms with van der Waals surface area (Å²) >= 11 is 1.77. The number of hydrogen-bond acceptors (Lipinski definition) is 3. The molecule has 0 radical (unpaired) electrons. The Morgan fingerprint density at radius 3 is 2.70 bits per heavy atom. The summed E-state index contributed by atoms with van der Waals surface area (Å²) in [6, 6.07) is 11.5.